The minimum absolute atomic E-state index is 0.0350. The maximum Gasteiger partial charge on any atom is 0.260 e. The van der Waals surface area contributed by atoms with E-state index in [4.69, 9.17) is 4.74 Å². The van der Waals surface area contributed by atoms with Crippen molar-refractivity contribution < 1.29 is 9.53 Å². The molecule has 124 valence electrons. The molecule has 2 aromatic rings. The van der Waals surface area contributed by atoms with Crippen LogP contribution >= 0.6 is 11.3 Å². The molecule has 0 aliphatic carbocycles. The van der Waals surface area contributed by atoms with Gasteiger partial charge in [-0.2, -0.15) is 0 Å². The molecular weight excluding hydrogens is 308 g/mol. The molecule has 1 unspecified atom stereocenters. The summed E-state index contributed by atoms with van der Waals surface area (Å²) in [6.45, 7) is 10.1. The van der Waals surface area contributed by atoms with E-state index in [-0.39, 0.29) is 18.6 Å². The highest BCUT2D eigenvalue weighted by Crippen LogP contribution is 2.26. The van der Waals surface area contributed by atoms with Crippen LogP contribution in [0.4, 0.5) is 0 Å². The van der Waals surface area contributed by atoms with Gasteiger partial charge in [0.2, 0.25) is 0 Å². The number of hydrogen-bond acceptors (Lipinski definition) is 4. The smallest absolute Gasteiger partial charge is 0.260 e. The van der Waals surface area contributed by atoms with E-state index in [1.807, 2.05) is 52.8 Å². The van der Waals surface area contributed by atoms with Crippen LogP contribution in [-0.2, 0) is 4.79 Å². The molecule has 0 saturated heterocycles. The molecule has 1 atom stereocenters. The maximum absolute atomic E-state index is 12.4. The summed E-state index contributed by atoms with van der Waals surface area (Å²) in [5.74, 6) is 0.712. The van der Waals surface area contributed by atoms with Crippen molar-refractivity contribution in [1.29, 1.82) is 0 Å². The van der Waals surface area contributed by atoms with Gasteiger partial charge in [-0.15, -0.1) is 11.3 Å². The molecule has 1 amide bonds. The van der Waals surface area contributed by atoms with Crippen molar-refractivity contribution in [3.8, 4) is 5.75 Å². The molecule has 1 aromatic carbocycles. The monoisotopic (exact) mass is 332 g/mol. The van der Waals surface area contributed by atoms with Gasteiger partial charge in [0.15, 0.2) is 6.61 Å². The first-order valence-electron chi connectivity index (χ1n) is 7.70. The van der Waals surface area contributed by atoms with Crippen molar-refractivity contribution in [3.63, 3.8) is 0 Å². The molecule has 0 N–H and O–H groups in total. The lowest BCUT2D eigenvalue weighted by atomic mass is 10.1. The van der Waals surface area contributed by atoms with E-state index in [9.17, 15) is 4.79 Å². The van der Waals surface area contributed by atoms with Crippen LogP contribution in [0.25, 0.3) is 0 Å². The minimum Gasteiger partial charge on any atom is -0.483 e. The molecule has 0 bridgehead atoms. The summed E-state index contributed by atoms with van der Waals surface area (Å²) in [7, 11) is 1.80. The number of ether oxygens (including phenoxy) is 1. The van der Waals surface area contributed by atoms with Gasteiger partial charge in [-0.05, 0) is 51.8 Å². The van der Waals surface area contributed by atoms with Crippen molar-refractivity contribution in [2.45, 2.75) is 40.7 Å². The minimum atomic E-state index is -0.0605. The summed E-state index contributed by atoms with van der Waals surface area (Å²) in [5, 5.41) is 1.02. The standard InChI is InChI=1S/C18H24N2O2S/c1-11-8-7-9-16(12(11)2)22-10-17(21)20(6)13(3)18-14(4)23-15(5)19-18/h7-9,13H,10H2,1-6H3. The van der Waals surface area contributed by atoms with Gasteiger partial charge in [0.05, 0.1) is 16.7 Å². The van der Waals surface area contributed by atoms with Crippen LogP contribution in [0.3, 0.4) is 0 Å². The fourth-order valence-electron chi connectivity index (χ4n) is 2.45. The number of carbonyl (C=O) groups excluding carboxylic acids is 1. The molecule has 0 aliphatic rings. The first-order valence-corrected chi connectivity index (χ1v) is 8.51. The van der Waals surface area contributed by atoms with Gasteiger partial charge >= 0.3 is 0 Å². The number of thiazole rings is 1. The molecule has 0 radical (unpaired) electrons. The van der Waals surface area contributed by atoms with Gasteiger partial charge in [0.25, 0.3) is 5.91 Å². The molecule has 0 aliphatic heterocycles. The molecule has 5 heteroatoms. The van der Waals surface area contributed by atoms with Crippen LogP contribution in [0, 0.1) is 27.7 Å². The zero-order valence-electron chi connectivity index (χ0n) is 14.6. The van der Waals surface area contributed by atoms with E-state index in [1.165, 1.54) is 0 Å². The van der Waals surface area contributed by atoms with E-state index >= 15 is 0 Å². The van der Waals surface area contributed by atoms with Gasteiger partial charge in [0.1, 0.15) is 5.75 Å². The average Bonchev–Trinajstić information content (AvgIpc) is 2.85. The Labute approximate surface area is 142 Å². The Balaban J connectivity index is 2.02. The number of rotatable bonds is 5. The van der Waals surface area contributed by atoms with Gasteiger partial charge < -0.3 is 9.64 Å². The second-order valence-corrected chi connectivity index (χ2v) is 7.25. The summed E-state index contributed by atoms with van der Waals surface area (Å²) < 4.78 is 5.71. The van der Waals surface area contributed by atoms with Gasteiger partial charge in [-0.1, -0.05) is 12.1 Å². The number of carbonyl (C=O) groups is 1. The van der Waals surface area contributed by atoms with Crippen molar-refractivity contribution in [2.75, 3.05) is 13.7 Å². The van der Waals surface area contributed by atoms with Crippen molar-refractivity contribution >= 4 is 17.2 Å². The van der Waals surface area contributed by atoms with Crippen LogP contribution in [0.2, 0.25) is 0 Å². The Hall–Kier alpha value is -1.88. The molecule has 1 aromatic heterocycles. The van der Waals surface area contributed by atoms with Crippen molar-refractivity contribution in [3.05, 3.63) is 44.9 Å². The van der Waals surface area contributed by atoms with Crippen molar-refractivity contribution in [1.82, 2.24) is 9.88 Å². The molecule has 0 fully saturated rings. The van der Waals surface area contributed by atoms with Gasteiger partial charge in [-0.25, -0.2) is 4.98 Å². The predicted molar refractivity (Wildman–Crippen MR) is 94.2 cm³/mol. The van der Waals surface area contributed by atoms with Gasteiger partial charge in [-0.3, -0.25) is 4.79 Å². The molecule has 23 heavy (non-hydrogen) atoms. The lowest BCUT2D eigenvalue weighted by Gasteiger charge is -2.24. The third-order valence-corrected chi connectivity index (χ3v) is 5.12. The molecule has 2 rings (SSSR count). The normalized spacial score (nSPS) is 12.1. The van der Waals surface area contributed by atoms with Gasteiger partial charge in [0, 0.05) is 11.9 Å². The number of benzene rings is 1. The van der Waals surface area contributed by atoms with Crippen LogP contribution in [0.15, 0.2) is 18.2 Å². The van der Waals surface area contributed by atoms with E-state index in [1.54, 1.807) is 23.3 Å². The van der Waals surface area contributed by atoms with Crippen LogP contribution in [0.1, 0.15) is 39.7 Å². The van der Waals surface area contributed by atoms with E-state index in [0.29, 0.717) is 0 Å². The molecule has 0 spiro atoms. The number of aryl methyl sites for hydroxylation is 3. The molecule has 0 saturated carbocycles. The van der Waals surface area contributed by atoms with Crippen LogP contribution < -0.4 is 4.74 Å². The number of amides is 1. The topological polar surface area (TPSA) is 42.4 Å². The summed E-state index contributed by atoms with van der Waals surface area (Å²) in [6, 6.07) is 5.81. The number of hydrogen-bond donors (Lipinski definition) is 0. The zero-order chi connectivity index (χ0) is 17.1. The summed E-state index contributed by atoms with van der Waals surface area (Å²) in [6.07, 6.45) is 0. The fraction of sp³-hybridized carbons (Fsp3) is 0.444. The van der Waals surface area contributed by atoms with E-state index < -0.39 is 0 Å². The largest absolute Gasteiger partial charge is 0.483 e. The first-order chi connectivity index (χ1) is 10.8. The lowest BCUT2D eigenvalue weighted by Crippen LogP contribution is -2.34. The van der Waals surface area contributed by atoms with Crippen LogP contribution in [-0.4, -0.2) is 29.4 Å². The lowest BCUT2D eigenvalue weighted by molar-refractivity contribution is -0.134. The third-order valence-electron chi connectivity index (χ3n) is 4.22. The summed E-state index contributed by atoms with van der Waals surface area (Å²) in [4.78, 5) is 19.8. The maximum atomic E-state index is 12.4. The highest BCUT2D eigenvalue weighted by molar-refractivity contribution is 7.11. The highest BCUT2D eigenvalue weighted by atomic mass is 32.1. The average molecular weight is 332 g/mol. The summed E-state index contributed by atoms with van der Waals surface area (Å²) in [5.41, 5.74) is 3.20. The first kappa shape index (κ1) is 17.5. The number of aromatic nitrogens is 1. The molecule has 4 nitrogen and oxygen atoms in total. The Bertz CT molecular complexity index is 709. The Kier molecular flexibility index (Phi) is 5.42. The van der Waals surface area contributed by atoms with E-state index in [0.717, 1.165) is 32.5 Å². The highest BCUT2D eigenvalue weighted by Gasteiger charge is 2.22. The summed E-state index contributed by atoms with van der Waals surface area (Å²) >= 11 is 1.66. The number of likely N-dealkylation sites (N-methyl/N-ethyl adjacent to an activating group) is 1. The second-order valence-electron chi connectivity index (χ2n) is 5.84. The zero-order valence-corrected chi connectivity index (χ0v) is 15.5. The Morgan fingerprint density at radius 1 is 1.30 bits per heavy atom. The molecule has 1 heterocycles. The van der Waals surface area contributed by atoms with E-state index in [2.05, 4.69) is 4.98 Å². The third kappa shape index (κ3) is 3.91. The van der Waals surface area contributed by atoms with Crippen LogP contribution in [0.5, 0.6) is 5.75 Å². The predicted octanol–water partition coefficient (Wildman–Crippen LogP) is 3.98. The second kappa shape index (κ2) is 7.13. The SMILES string of the molecule is Cc1nc(C(C)N(C)C(=O)COc2cccc(C)c2C)c(C)s1. The fourth-order valence-corrected chi connectivity index (χ4v) is 3.36. The Morgan fingerprint density at radius 2 is 2.00 bits per heavy atom. The molecular formula is C18H24N2O2S. The van der Waals surface area contributed by atoms with Crippen molar-refractivity contribution in [2.24, 2.45) is 0 Å². The number of nitrogens with zero attached hydrogens (tertiary/aromatic N) is 2. The Morgan fingerprint density at radius 3 is 2.61 bits per heavy atom. The quantitative estimate of drug-likeness (QED) is 0.832.